The van der Waals surface area contributed by atoms with Gasteiger partial charge in [-0.3, -0.25) is 4.79 Å². The van der Waals surface area contributed by atoms with Crippen molar-refractivity contribution in [1.82, 2.24) is 4.90 Å². The molecule has 0 saturated carbocycles. The van der Waals surface area contributed by atoms with Crippen LogP contribution < -0.4 is 8.92 Å². The van der Waals surface area contributed by atoms with E-state index in [2.05, 4.69) is 0 Å². The van der Waals surface area contributed by atoms with Crippen LogP contribution in [0, 0.1) is 5.92 Å². The molecule has 0 aliphatic rings. The van der Waals surface area contributed by atoms with Gasteiger partial charge in [0.25, 0.3) is 5.91 Å². The number of hydrogen-bond acceptors (Lipinski definition) is 5. The fraction of sp³-hybridized carbons (Fsp3) is 0.350. The molecule has 0 aromatic heterocycles. The van der Waals surface area contributed by atoms with Gasteiger partial charge in [-0.2, -0.15) is 8.42 Å². The van der Waals surface area contributed by atoms with Gasteiger partial charge in [0.15, 0.2) is 0 Å². The molecule has 0 spiro atoms. The summed E-state index contributed by atoms with van der Waals surface area (Å²) >= 11 is 0. The van der Waals surface area contributed by atoms with Crippen molar-refractivity contribution < 1.29 is 22.1 Å². The Bertz CT molecular complexity index is 876. The third-order valence-corrected chi connectivity index (χ3v) is 4.25. The lowest BCUT2D eigenvalue weighted by atomic mass is 10.1. The predicted octanol–water partition coefficient (Wildman–Crippen LogP) is 3.33. The highest BCUT2D eigenvalue weighted by Crippen LogP contribution is 2.22. The highest BCUT2D eigenvalue weighted by molar-refractivity contribution is 7.86. The van der Waals surface area contributed by atoms with Crippen molar-refractivity contribution in [2.45, 2.75) is 20.4 Å². The van der Waals surface area contributed by atoms with Gasteiger partial charge in [0.1, 0.15) is 11.5 Å². The molecule has 27 heavy (non-hydrogen) atoms. The monoisotopic (exact) mass is 391 g/mol. The van der Waals surface area contributed by atoms with E-state index in [1.54, 1.807) is 54.5 Å². The Balaban J connectivity index is 2.22. The molecule has 6 nitrogen and oxygen atoms in total. The summed E-state index contributed by atoms with van der Waals surface area (Å²) in [6.07, 6.45) is 0.997. The van der Waals surface area contributed by atoms with Gasteiger partial charge >= 0.3 is 10.1 Å². The molecule has 0 bridgehead atoms. The molecule has 2 rings (SSSR count). The van der Waals surface area contributed by atoms with Crippen LogP contribution in [0.3, 0.4) is 0 Å². The van der Waals surface area contributed by atoms with Crippen LogP contribution in [0.5, 0.6) is 11.5 Å². The average molecular weight is 391 g/mol. The van der Waals surface area contributed by atoms with E-state index in [1.807, 2.05) is 19.9 Å². The van der Waals surface area contributed by atoms with Gasteiger partial charge in [-0.05, 0) is 35.7 Å². The fourth-order valence-corrected chi connectivity index (χ4v) is 3.16. The van der Waals surface area contributed by atoms with Crippen LogP contribution in [0.4, 0.5) is 0 Å². The number of rotatable bonds is 8. The van der Waals surface area contributed by atoms with Crippen molar-refractivity contribution in [1.29, 1.82) is 0 Å². The first-order valence-corrected chi connectivity index (χ1v) is 10.4. The van der Waals surface area contributed by atoms with E-state index in [9.17, 15) is 13.2 Å². The zero-order valence-corrected chi connectivity index (χ0v) is 16.8. The molecule has 0 heterocycles. The molecule has 2 aromatic carbocycles. The lowest BCUT2D eigenvalue weighted by Crippen LogP contribution is -2.34. The SMILES string of the molecule is COc1ccccc1C(=O)N(Cc1ccc(OS(C)(=O)=O)cc1)CC(C)C. The molecule has 1 amide bonds. The van der Waals surface area contributed by atoms with Gasteiger partial charge in [0, 0.05) is 13.1 Å². The van der Waals surface area contributed by atoms with E-state index < -0.39 is 10.1 Å². The largest absolute Gasteiger partial charge is 0.496 e. The predicted molar refractivity (Wildman–Crippen MR) is 104 cm³/mol. The van der Waals surface area contributed by atoms with E-state index in [1.165, 1.54) is 0 Å². The lowest BCUT2D eigenvalue weighted by Gasteiger charge is -2.25. The number of nitrogens with zero attached hydrogens (tertiary/aromatic N) is 1. The molecule has 0 fully saturated rings. The van der Waals surface area contributed by atoms with Crippen LogP contribution >= 0.6 is 0 Å². The summed E-state index contributed by atoms with van der Waals surface area (Å²) in [5, 5.41) is 0. The normalized spacial score (nSPS) is 11.3. The molecule has 0 radical (unpaired) electrons. The molecule has 0 unspecified atom stereocenters. The minimum absolute atomic E-state index is 0.113. The number of para-hydroxylation sites is 1. The molecule has 2 aromatic rings. The lowest BCUT2D eigenvalue weighted by molar-refractivity contribution is 0.0719. The van der Waals surface area contributed by atoms with Crippen molar-refractivity contribution >= 4 is 16.0 Å². The quantitative estimate of drug-likeness (QED) is 0.646. The van der Waals surface area contributed by atoms with Crippen molar-refractivity contribution in [2.24, 2.45) is 5.92 Å². The van der Waals surface area contributed by atoms with E-state index >= 15 is 0 Å². The second kappa shape index (κ2) is 8.90. The van der Waals surface area contributed by atoms with Crippen molar-refractivity contribution in [3.63, 3.8) is 0 Å². The third kappa shape index (κ3) is 6.29. The zero-order chi connectivity index (χ0) is 20.0. The van der Waals surface area contributed by atoms with Gasteiger partial charge in [-0.25, -0.2) is 0 Å². The molecule has 0 aliphatic heterocycles. The van der Waals surface area contributed by atoms with Crippen molar-refractivity contribution in [3.05, 3.63) is 59.7 Å². The number of methoxy groups -OCH3 is 1. The first kappa shape index (κ1) is 20.8. The zero-order valence-electron chi connectivity index (χ0n) is 16.0. The fourth-order valence-electron chi connectivity index (χ4n) is 2.70. The molecule has 0 saturated heterocycles. The standard InChI is InChI=1S/C20H25NO5S/c1-15(2)13-21(20(22)18-7-5-6-8-19(18)25-3)14-16-9-11-17(12-10-16)26-27(4,23)24/h5-12,15H,13-14H2,1-4H3. The summed E-state index contributed by atoms with van der Waals surface area (Å²) in [4.78, 5) is 14.8. The van der Waals surface area contributed by atoms with Gasteiger partial charge in [-0.15, -0.1) is 0 Å². The van der Waals surface area contributed by atoms with Gasteiger partial charge < -0.3 is 13.8 Å². The van der Waals surface area contributed by atoms with Crippen LogP contribution in [-0.2, 0) is 16.7 Å². The summed E-state index contributed by atoms with van der Waals surface area (Å²) in [5.74, 6) is 0.954. The van der Waals surface area contributed by atoms with E-state index in [0.29, 0.717) is 24.4 Å². The average Bonchev–Trinajstić information content (AvgIpc) is 2.60. The maximum Gasteiger partial charge on any atom is 0.306 e. The van der Waals surface area contributed by atoms with E-state index in [0.717, 1.165) is 11.8 Å². The summed E-state index contributed by atoms with van der Waals surface area (Å²) < 4.78 is 32.6. The molecule has 0 atom stereocenters. The Labute approximate surface area is 160 Å². The number of hydrogen-bond donors (Lipinski definition) is 0. The minimum atomic E-state index is -3.56. The Morgan fingerprint density at radius 1 is 1.07 bits per heavy atom. The van der Waals surface area contributed by atoms with E-state index in [-0.39, 0.29) is 17.6 Å². The maximum atomic E-state index is 13.1. The van der Waals surface area contributed by atoms with Crippen LogP contribution in [0.1, 0.15) is 29.8 Å². The number of amides is 1. The summed E-state index contributed by atoms with van der Waals surface area (Å²) in [6, 6.07) is 13.8. The van der Waals surface area contributed by atoms with Crippen LogP contribution in [0.2, 0.25) is 0 Å². The number of benzene rings is 2. The van der Waals surface area contributed by atoms with Crippen molar-refractivity contribution in [3.8, 4) is 11.5 Å². The van der Waals surface area contributed by atoms with Crippen LogP contribution in [-0.4, -0.2) is 39.1 Å². The molecule has 146 valence electrons. The molecular formula is C20H25NO5S. The summed E-state index contributed by atoms with van der Waals surface area (Å²) in [6.45, 7) is 5.07. The Hall–Kier alpha value is -2.54. The maximum absolute atomic E-state index is 13.1. The first-order chi connectivity index (χ1) is 12.7. The second-order valence-electron chi connectivity index (χ2n) is 6.71. The summed E-state index contributed by atoms with van der Waals surface area (Å²) in [5.41, 5.74) is 1.39. The second-order valence-corrected chi connectivity index (χ2v) is 8.29. The van der Waals surface area contributed by atoms with Gasteiger partial charge in [0.05, 0.1) is 18.9 Å². The molecule has 0 N–H and O–H groups in total. The Kier molecular flexibility index (Phi) is 6.85. The molecule has 7 heteroatoms. The summed E-state index contributed by atoms with van der Waals surface area (Å²) in [7, 11) is -2.02. The van der Waals surface area contributed by atoms with Gasteiger partial charge in [-0.1, -0.05) is 38.1 Å². The molecular weight excluding hydrogens is 366 g/mol. The number of ether oxygens (including phenoxy) is 1. The first-order valence-electron chi connectivity index (χ1n) is 8.60. The smallest absolute Gasteiger partial charge is 0.306 e. The van der Waals surface area contributed by atoms with E-state index in [4.69, 9.17) is 8.92 Å². The topological polar surface area (TPSA) is 72.9 Å². The van der Waals surface area contributed by atoms with Gasteiger partial charge in [0.2, 0.25) is 0 Å². The number of carbonyl (C=O) groups excluding carboxylic acids is 1. The Morgan fingerprint density at radius 2 is 1.70 bits per heavy atom. The number of carbonyl (C=O) groups is 1. The van der Waals surface area contributed by atoms with Crippen molar-refractivity contribution in [2.75, 3.05) is 19.9 Å². The molecule has 0 aliphatic carbocycles. The van der Waals surface area contributed by atoms with Crippen LogP contribution in [0.15, 0.2) is 48.5 Å². The highest BCUT2D eigenvalue weighted by Gasteiger charge is 2.20. The van der Waals surface area contributed by atoms with Crippen LogP contribution in [0.25, 0.3) is 0 Å². The Morgan fingerprint density at radius 3 is 2.26 bits per heavy atom. The highest BCUT2D eigenvalue weighted by atomic mass is 32.2. The minimum Gasteiger partial charge on any atom is -0.496 e. The third-order valence-electron chi connectivity index (χ3n) is 3.75.